The molecule has 1 aromatic heterocycles. The molecule has 21 heavy (non-hydrogen) atoms. The number of halogens is 1. The highest BCUT2D eigenvalue weighted by Crippen LogP contribution is 2.36. The minimum Gasteiger partial charge on any atom is -0.490 e. The van der Waals surface area contributed by atoms with Crippen molar-refractivity contribution in [2.75, 3.05) is 13.2 Å². The zero-order chi connectivity index (χ0) is 15.0. The zero-order valence-electron chi connectivity index (χ0n) is 11.9. The second kappa shape index (κ2) is 5.45. The Balaban J connectivity index is 2.04. The van der Waals surface area contributed by atoms with Crippen LogP contribution in [-0.4, -0.2) is 19.0 Å². The van der Waals surface area contributed by atoms with Crippen molar-refractivity contribution in [1.82, 2.24) is 0 Å². The van der Waals surface area contributed by atoms with Crippen molar-refractivity contribution < 1.29 is 18.7 Å². The van der Waals surface area contributed by atoms with Gasteiger partial charge in [0, 0.05) is 18.1 Å². The number of rotatable bonds is 2. The Kier molecular flexibility index (Phi) is 3.64. The molecule has 0 saturated carbocycles. The van der Waals surface area contributed by atoms with Gasteiger partial charge in [-0.05, 0) is 26.0 Å². The summed E-state index contributed by atoms with van der Waals surface area (Å²) in [4.78, 5) is 12.6. The van der Waals surface area contributed by atoms with Crippen LogP contribution in [0.2, 0.25) is 5.02 Å². The smallest absolute Gasteiger partial charge is 0.198 e. The summed E-state index contributed by atoms with van der Waals surface area (Å²) in [5.41, 5.74) is 0.911. The van der Waals surface area contributed by atoms with Gasteiger partial charge in [-0.1, -0.05) is 11.6 Å². The predicted octanol–water partition coefficient (Wildman–Crippen LogP) is 3.94. The fourth-order valence-corrected chi connectivity index (χ4v) is 2.60. The molecule has 110 valence electrons. The number of hydrogen-bond donors (Lipinski definition) is 0. The molecule has 0 spiro atoms. The summed E-state index contributed by atoms with van der Waals surface area (Å²) in [6.07, 6.45) is 0.801. The molecule has 1 aromatic carbocycles. The Morgan fingerprint density at radius 3 is 2.33 bits per heavy atom. The van der Waals surface area contributed by atoms with Gasteiger partial charge >= 0.3 is 0 Å². The third kappa shape index (κ3) is 2.63. The van der Waals surface area contributed by atoms with Crippen LogP contribution in [0.15, 0.2) is 22.6 Å². The molecule has 0 amide bonds. The number of hydrogen-bond acceptors (Lipinski definition) is 4. The van der Waals surface area contributed by atoms with Gasteiger partial charge in [-0.3, -0.25) is 4.79 Å². The number of ketones is 1. The van der Waals surface area contributed by atoms with Gasteiger partial charge in [-0.25, -0.2) is 0 Å². The summed E-state index contributed by atoms with van der Waals surface area (Å²) < 4.78 is 16.6. The number of fused-ring (bicyclic) bond motifs is 1. The van der Waals surface area contributed by atoms with E-state index in [1.165, 1.54) is 0 Å². The van der Waals surface area contributed by atoms with E-state index >= 15 is 0 Å². The Morgan fingerprint density at radius 2 is 1.71 bits per heavy atom. The molecule has 0 aliphatic carbocycles. The van der Waals surface area contributed by atoms with Gasteiger partial charge in [0.25, 0.3) is 0 Å². The van der Waals surface area contributed by atoms with Crippen LogP contribution in [0.5, 0.6) is 11.5 Å². The van der Waals surface area contributed by atoms with Crippen LogP contribution in [0.1, 0.15) is 33.9 Å². The minimum atomic E-state index is -0.176. The molecule has 2 aromatic rings. The van der Waals surface area contributed by atoms with Crippen molar-refractivity contribution in [1.29, 1.82) is 0 Å². The van der Waals surface area contributed by atoms with Crippen LogP contribution >= 0.6 is 11.6 Å². The molecule has 1 aliphatic rings. The van der Waals surface area contributed by atoms with Gasteiger partial charge in [0.05, 0.1) is 23.8 Å². The molecule has 0 fully saturated rings. The van der Waals surface area contributed by atoms with Gasteiger partial charge in [0.15, 0.2) is 17.3 Å². The predicted molar refractivity (Wildman–Crippen MR) is 78.7 cm³/mol. The average molecular weight is 307 g/mol. The Morgan fingerprint density at radius 1 is 1.05 bits per heavy atom. The summed E-state index contributed by atoms with van der Waals surface area (Å²) in [5.74, 6) is 2.24. The maximum absolute atomic E-state index is 12.6. The molecule has 0 atom stereocenters. The summed E-state index contributed by atoms with van der Waals surface area (Å²) in [7, 11) is 0. The van der Waals surface area contributed by atoms with E-state index in [9.17, 15) is 4.79 Å². The van der Waals surface area contributed by atoms with Crippen LogP contribution < -0.4 is 9.47 Å². The lowest BCUT2D eigenvalue weighted by atomic mass is 10.0. The average Bonchev–Trinajstić information content (AvgIpc) is 2.64. The maximum Gasteiger partial charge on any atom is 0.198 e. The fourth-order valence-electron chi connectivity index (χ4n) is 2.36. The van der Waals surface area contributed by atoms with Gasteiger partial charge in [0.2, 0.25) is 0 Å². The molecular formula is C16H15ClO4. The Bertz CT molecular complexity index is 703. The highest BCUT2D eigenvalue weighted by Gasteiger charge is 2.22. The first-order valence-corrected chi connectivity index (χ1v) is 7.15. The van der Waals surface area contributed by atoms with E-state index in [4.69, 9.17) is 25.5 Å². The van der Waals surface area contributed by atoms with Crippen molar-refractivity contribution in [2.45, 2.75) is 20.3 Å². The Hall–Kier alpha value is -1.94. The van der Waals surface area contributed by atoms with Crippen molar-refractivity contribution in [3.63, 3.8) is 0 Å². The maximum atomic E-state index is 12.6. The summed E-state index contributed by atoms with van der Waals surface area (Å²) in [5, 5.41) is 0.350. The second-order valence-electron chi connectivity index (χ2n) is 4.99. The van der Waals surface area contributed by atoms with Gasteiger partial charge in [-0.2, -0.15) is 0 Å². The highest BCUT2D eigenvalue weighted by molar-refractivity contribution is 6.35. The first-order valence-electron chi connectivity index (χ1n) is 6.77. The molecular weight excluding hydrogens is 292 g/mol. The molecule has 4 nitrogen and oxygen atoms in total. The zero-order valence-corrected chi connectivity index (χ0v) is 12.6. The molecule has 5 heteroatoms. The van der Waals surface area contributed by atoms with E-state index in [1.54, 1.807) is 32.0 Å². The largest absolute Gasteiger partial charge is 0.490 e. The lowest BCUT2D eigenvalue weighted by Crippen LogP contribution is -2.04. The van der Waals surface area contributed by atoms with E-state index in [-0.39, 0.29) is 5.78 Å². The van der Waals surface area contributed by atoms with Crippen molar-refractivity contribution in [2.24, 2.45) is 0 Å². The molecule has 2 heterocycles. The van der Waals surface area contributed by atoms with Crippen molar-refractivity contribution in [3.8, 4) is 11.5 Å². The van der Waals surface area contributed by atoms with Crippen LogP contribution in [-0.2, 0) is 0 Å². The number of carbonyl (C=O) groups is 1. The first-order chi connectivity index (χ1) is 10.1. The lowest BCUT2D eigenvalue weighted by Gasteiger charge is -2.10. The van der Waals surface area contributed by atoms with Crippen molar-refractivity contribution in [3.05, 3.63) is 45.9 Å². The molecule has 0 radical (unpaired) electrons. The Labute approximate surface area is 127 Å². The van der Waals surface area contributed by atoms with E-state index in [0.717, 1.165) is 6.42 Å². The summed E-state index contributed by atoms with van der Waals surface area (Å²) in [6, 6.07) is 5.00. The monoisotopic (exact) mass is 306 g/mol. The molecule has 0 N–H and O–H groups in total. The highest BCUT2D eigenvalue weighted by atomic mass is 35.5. The van der Waals surface area contributed by atoms with E-state index in [2.05, 4.69) is 0 Å². The first kappa shape index (κ1) is 14.0. The standard InChI is InChI=1S/C16H15ClO4/c1-9-6-11(10(2)21-9)16(18)12-7-14-15(8-13(12)17)20-5-3-4-19-14/h6-8H,3-5H2,1-2H3. The minimum absolute atomic E-state index is 0.176. The van der Waals surface area contributed by atoms with Crippen molar-refractivity contribution >= 4 is 17.4 Å². The third-order valence-electron chi connectivity index (χ3n) is 3.37. The van der Waals surface area contributed by atoms with Crippen LogP contribution in [0, 0.1) is 13.8 Å². The van der Waals surface area contributed by atoms with Gasteiger partial charge < -0.3 is 13.9 Å². The fraction of sp³-hybridized carbons (Fsp3) is 0.312. The molecule has 1 aliphatic heterocycles. The third-order valence-corrected chi connectivity index (χ3v) is 3.68. The second-order valence-corrected chi connectivity index (χ2v) is 5.39. The normalized spacial score (nSPS) is 13.9. The van der Waals surface area contributed by atoms with Gasteiger partial charge in [-0.15, -0.1) is 0 Å². The number of ether oxygens (including phenoxy) is 2. The van der Waals surface area contributed by atoms with Crippen LogP contribution in [0.3, 0.4) is 0 Å². The van der Waals surface area contributed by atoms with Crippen LogP contribution in [0.4, 0.5) is 0 Å². The summed E-state index contributed by atoms with van der Waals surface area (Å²) in [6.45, 7) is 4.71. The summed E-state index contributed by atoms with van der Waals surface area (Å²) >= 11 is 6.23. The van der Waals surface area contributed by atoms with E-state index < -0.39 is 0 Å². The van der Waals surface area contributed by atoms with Gasteiger partial charge in [0.1, 0.15) is 11.5 Å². The lowest BCUT2D eigenvalue weighted by molar-refractivity contribution is 0.103. The molecule has 3 rings (SSSR count). The SMILES string of the molecule is Cc1cc(C(=O)c2cc3c(cc2Cl)OCCCO3)c(C)o1. The molecule has 0 unspecified atom stereocenters. The number of aryl methyl sites for hydroxylation is 2. The quantitative estimate of drug-likeness (QED) is 0.788. The van der Waals surface area contributed by atoms with E-state index in [0.29, 0.717) is 52.4 Å². The van der Waals surface area contributed by atoms with Crippen LogP contribution in [0.25, 0.3) is 0 Å². The number of carbonyl (C=O) groups excluding carboxylic acids is 1. The number of benzene rings is 1. The van der Waals surface area contributed by atoms with E-state index in [1.807, 2.05) is 0 Å². The molecule has 0 bridgehead atoms. The molecule has 0 saturated heterocycles. The number of furan rings is 1. The topological polar surface area (TPSA) is 48.7 Å².